The van der Waals surface area contributed by atoms with E-state index in [0.29, 0.717) is 11.7 Å². The molecule has 1 heterocycles. The summed E-state index contributed by atoms with van der Waals surface area (Å²) in [4.78, 5) is 5.46. The van der Waals surface area contributed by atoms with Crippen molar-refractivity contribution >= 4 is 34.2 Å². The number of pyridine rings is 1. The number of nitrogens with zero attached hydrogens (tertiary/aromatic N) is 1. The van der Waals surface area contributed by atoms with Crippen LogP contribution in [0.2, 0.25) is 0 Å². The molecule has 0 spiro atoms. The molecule has 0 amide bonds. The highest BCUT2D eigenvalue weighted by atomic mass is 32.2. The molecular formula is C23H25N5S. The quantitative estimate of drug-likeness (QED) is 0.299. The molecule has 1 aromatic heterocycles. The van der Waals surface area contributed by atoms with Crippen LogP contribution < -0.4 is 15.8 Å². The number of nitrogens with two attached hydrogens (primary N) is 1. The summed E-state index contributed by atoms with van der Waals surface area (Å²) in [6.45, 7) is 8.00. The van der Waals surface area contributed by atoms with E-state index in [0.717, 1.165) is 21.5 Å². The summed E-state index contributed by atoms with van der Waals surface area (Å²) in [5.74, 6) is 1.13. The SMILES string of the molecule is C=C(N)C(=N)/C=C(/NSc1ccc(C(C)C)cc1)Nc1cccc2ncccc12. The van der Waals surface area contributed by atoms with E-state index in [9.17, 15) is 0 Å². The van der Waals surface area contributed by atoms with Crippen LogP contribution in [0.15, 0.2) is 89.9 Å². The fourth-order valence-electron chi connectivity index (χ4n) is 2.72. The highest BCUT2D eigenvalue weighted by Crippen LogP contribution is 2.24. The van der Waals surface area contributed by atoms with Gasteiger partial charge in [-0.15, -0.1) is 0 Å². The molecule has 29 heavy (non-hydrogen) atoms. The molecule has 0 aliphatic carbocycles. The van der Waals surface area contributed by atoms with Crippen LogP contribution in [-0.4, -0.2) is 10.7 Å². The summed E-state index contributed by atoms with van der Waals surface area (Å²) in [5.41, 5.74) is 9.12. The molecule has 0 radical (unpaired) electrons. The van der Waals surface area contributed by atoms with Gasteiger partial charge in [-0.25, -0.2) is 0 Å². The zero-order valence-corrected chi connectivity index (χ0v) is 17.4. The van der Waals surface area contributed by atoms with Crippen LogP contribution in [0.4, 0.5) is 5.69 Å². The predicted molar refractivity (Wildman–Crippen MR) is 124 cm³/mol. The van der Waals surface area contributed by atoms with Gasteiger partial charge in [-0.05, 0) is 59.8 Å². The summed E-state index contributed by atoms with van der Waals surface area (Å²) in [6.07, 6.45) is 3.40. The van der Waals surface area contributed by atoms with E-state index in [-0.39, 0.29) is 11.4 Å². The van der Waals surface area contributed by atoms with Crippen LogP contribution >= 0.6 is 11.9 Å². The Hall–Kier alpha value is -3.25. The number of nitrogens with one attached hydrogen (secondary N) is 3. The molecule has 0 saturated carbocycles. The van der Waals surface area contributed by atoms with Crippen molar-refractivity contribution in [3.8, 4) is 0 Å². The van der Waals surface area contributed by atoms with Crippen molar-refractivity contribution in [3.05, 3.63) is 90.5 Å². The minimum absolute atomic E-state index is 0.147. The van der Waals surface area contributed by atoms with E-state index < -0.39 is 0 Å². The van der Waals surface area contributed by atoms with E-state index in [4.69, 9.17) is 11.1 Å². The van der Waals surface area contributed by atoms with Crippen molar-refractivity contribution in [1.29, 1.82) is 5.41 Å². The first-order valence-corrected chi connectivity index (χ1v) is 10.1. The molecule has 6 heteroatoms. The monoisotopic (exact) mass is 403 g/mol. The van der Waals surface area contributed by atoms with Crippen LogP contribution in [0, 0.1) is 5.41 Å². The second-order valence-corrected chi connectivity index (χ2v) is 7.81. The fraction of sp³-hybridized carbons (Fsp3) is 0.130. The van der Waals surface area contributed by atoms with Gasteiger partial charge in [0, 0.05) is 33.9 Å². The van der Waals surface area contributed by atoms with Crippen molar-refractivity contribution in [3.63, 3.8) is 0 Å². The first-order chi connectivity index (χ1) is 13.9. The lowest BCUT2D eigenvalue weighted by atomic mass is 10.0. The van der Waals surface area contributed by atoms with Gasteiger partial charge in [0.2, 0.25) is 0 Å². The lowest BCUT2D eigenvalue weighted by molar-refractivity contribution is 0.865. The van der Waals surface area contributed by atoms with Gasteiger partial charge in [0.05, 0.1) is 11.2 Å². The minimum Gasteiger partial charge on any atom is -0.397 e. The Balaban J connectivity index is 1.83. The first kappa shape index (κ1) is 20.5. The van der Waals surface area contributed by atoms with Crippen molar-refractivity contribution in [1.82, 2.24) is 9.71 Å². The zero-order valence-electron chi connectivity index (χ0n) is 16.6. The minimum atomic E-state index is 0.147. The summed E-state index contributed by atoms with van der Waals surface area (Å²) < 4.78 is 3.29. The van der Waals surface area contributed by atoms with Gasteiger partial charge in [-0.1, -0.05) is 38.6 Å². The molecular weight excluding hydrogens is 378 g/mol. The average Bonchev–Trinajstić information content (AvgIpc) is 2.72. The fourth-order valence-corrected chi connectivity index (χ4v) is 3.33. The highest BCUT2D eigenvalue weighted by molar-refractivity contribution is 7.97. The Bertz CT molecular complexity index is 1050. The molecule has 2 aromatic carbocycles. The maximum Gasteiger partial charge on any atom is 0.116 e. The molecule has 0 bridgehead atoms. The molecule has 0 atom stereocenters. The van der Waals surface area contributed by atoms with Crippen molar-refractivity contribution in [2.75, 3.05) is 5.32 Å². The van der Waals surface area contributed by atoms with Gasteiger partial charge in [0.15, 0.2) is 0 Å². The van der Waals surface area contributed by atoms with Gasteiger partial charge in [0.1, 0.15) is 5.82 Å². The van der Waals surface area contributed by atoms with Crippen LogP contribution in [0.1, 0.15) is 25.3 Å². The Morgan fingerprint density at radius 2 is 1.90 bits per heavy atom. The molecule has 3 rings (SSSR count). The van der Waals surface area contributed by atoms with Gasteiger partial charge in [0.25, 0.3) is 0 Å². The summed E-state index contributed by atoms with van der Waals surface area (Å²) in [7, 11) is 0. The van der Waals surface area contributed by atoms with Crippen LogP contribution in [0.25, 0.3) is 10.9 Å². The molecule has 0 aliphatic heterocycles. The van der Waals surface area contributed by atoms with E-state index >= 15 is 0 Å². The number of hydrogen-bond acceptors (Lipinski definition) is 6. The Kier molecular flexibility index (Phi) is 6.57. The van der Waals surface area contributed by atoms with E-state index in [1.54, 1.807) is 12.3 Å². The summed E-state index contributed by atoms with van der Waals surface area (Å²) >= 11 is 1.46. The maximum atomic E-state index is 8.06. The molecule has 0 saturated heterocycles. The van der Waals surface area contributed by atoms with Gasteiger partial charge in [-0.3, -0.25) is 10.4 Å². The normalized spacial score (nSPS) is 11.5. The summed E-state index contributed by atoms with van der Waals surface area (Å²) in [6, 6.07) is 18.2. The van der Waals surface area contributed by atoms with Gasteiger partial charge >= 0.3 is 0 Å². The van der Waals surface area contributed by atoms with Crippen LogP contribution in [0.3, 0.4) is 0 Å². The zero-order chi connectivity index (χ0) is 20.8. The standard InChI is InChI=1S/C23H25N5S/c1-15(2)17-9-11-18(12-10-17)29-28-23(14-20(25)16(3)24)27-22-8-4-7-21-19(22)6-5-13-26-21/h4-15,25,27-28H,3,24H2,1-2H3/b23-14+,25-20?. The number of allylic oxidation sites excluding steroid dienone is 1. The van der Waals surface area contributed by atoms with E-state index in [2.05, 4.69) is 59.7 Å². The van der Waals surface area contributed by atoms with Crippen molar-refractivity contribution in [2.45, 2.75) is 24.7 Å². The van der Waals surface area contributed by atoms with Crippen LogP contribution in [-0.2, 0) is 0 Å². The number of fused-ring (bicyclic) bond motifs is 1. The third kappa shape index (κ3) is 5.39. The molecule has 3 aromatic rings. The maximum absolute atomic E-state index is 8.06. The molecule has 5 nitrogen and oxygen atoms in total. The van der Waals surface area contributed by atoms with Crippen LogP contribution in [0.5, 0.6) is 0 Å². The lowest BCUT2D eigenvalue weighted by Gasteiger charge is -2.15. The van der Waals surface area contributed by atoms with Crippen molar-refractivity contribution in [2.24, 2.45) is 5.73 Å². The summed E-state index contributed by atoms with van der Waals surface area (Å²) in [5, 5.41) is 12.4. The third-order valence-electron chi connectivity index (χ3n) is 4.38. The van der Waals surface area contributed by atoms with E-state index in [1.807, 2.05) is 30.3 Å². The highest BCUT2D eigenvalue weighted by Gasteiger charge is 2.07. The van der Waals surface area contributed by atoms with Crippen molar-refractivity contribution < 1.29 is 0 Å². The number of rotatable bonds is 8. The molecule has 0 fully saturated rings. The lowest BCUT2D eigenvalue weighted by Crippen LogP contribution is -2.17. The number of hydrogen-bond donors (Lipinski definition) is 4. The molecule has 5 N–H and O–H groups in total. The third-order valence-corrected chi connectivity index (χ3v) is 5.21. The topological polar surface area (TPSA) is 86.8 Å². The van der Waals surface area contributed by atoms with E-state index in [1.165, 1.54) is 17.5 Å². The second kappa shape index (κ2) is 9.30. The Morgan fingerprint density at radius 1 is 1.14 bits per heavy atom. The predicted octanol–water partition coefficient (Wildman–Crippen LogP) is 5.40. The van der Waals surface area contributed by atoms with Gasteiger partial charge < -0.3 is 15.8 Å². The first-order valence-electron chi connectivity index (χ1n) is 9.32. The number of benzene rings is 2. The average molecular weight is 404 g/mol. The number of aromatic nitrogens is 1. The molecule has 0 unspecified atom stereocenters. The second-order valence-electron chi connectivity index (χ2n) is 6.93. The Morgan fingerprint density at radius 3 is 2.59 bits per heavy atom. The molecule has 0 aliphatic rings. The van der Waals surface area contributed by atoms with Gasteiger partial charge in [-0.2, -0.15) is 0 Å². The largest absolute Gasteiger partial charge is 0.397 e. The molecule has 148 valence electrons. The number of anilines is 1. The smallest absolute Gasteiger partial charge is 0.116 e. The Labute approximate surface area is 175 Å².